The second-order valence-electron chi connectivity index (χ2n) is 9.03. The maximum atomic E-state index is 14.9. The summed E-state index contributed by atoms with van der Waals surface area (Å²) in [6.07, 6.45) is 2.70. The number of likely N-dealkylation sites (tertiary alicyclic amines) is 1. The summed E-state index contributed by atoms with van der Waals surface area (Å²) >= 11 is 0. The van der Waals surface area contributed by atoms with Gasteiger partial charge in [0, 0.05) is 37.4 Å². The molecule has 5 N–H and O–H groups in total. The van der Waals surface area contributed by atoms with Crippen molar-refractivity contribution in [2.24, 2.45) is 23.5 Å². The van der Waals surface area contributed by atoms with Gasteiger partial charge in [0.25, 0.3) is 0 Å². The van der Waals surface area contributed by atoms with E-state index < -0.39 is 6.17 Å². The normalized spacial score (nSPS) is 39.5. The van der Waals surface area contributed by atoms with E-state index in [1.165, 1.54) is 0 Å². The number of ether oxygens (including phenoxy) is 1. The third kappa shape index (κ3) is 4.75. The Kier molecular flexibility index (Phi) is 7.03. The number of nitrogens with zero attached hydrogens (tertiary/aromatic N) is 1. The van der Waals surface area contributed by atoms with E-state index in [4.69, 9.17) is 15.3 Å². The molecule has 29 heavy (non-hydrogen) atoms. The highest BCUT2D eigenvalue weighted by molar-refractivity contribution is 5.75. The minimum Gasteiger partial charge on any atom is -0.378 e. The van der Waals surface area contributed by atoms with Gasteiger partial charge in [-0.3, -0.25) is 14.9 Å². The van der Waals surface area contributed by atoms with Crippen LogP contribution in [0.3, 0.4) is 0 Å². The molecule has 166 valence electrons. The van der Waals surface area contributed by atoms with Crippen molar-refractivity contribution < 1.29 is 18.8 Å². The Morgan fingerprint density at radius 2 is 2.00 bits per heavy atom. The molecule has 0 spiro atoms. The van der Waals surface area contributed by atoms with Gasteiger partial charge < -0.3 is 20.7 Å². The molecule has 1 amide bonds. The summed E-state index contributed by atoms with van der Waals surface area (Å²) in [4.78, 5) is 19.7. The van der Waals surface area contributed by atoms with Crippen LogP contribution >= 0.6 is 0 Å². The van der Waals surface area contributed by atoms with Crippen molar-refractivity contribution in [1.29, 1.82) is 0 Å². The molecule has 8 nitrogen and oxygen atoms in total. The lowest BCUT2D eigenvalue weighted by molar-refractivity contribution is -0.132. The number of halogens is 1. The highest BCUT2D eigenvalue weighted by Gasteiger charge is 2.44. The fraction of sp³-hybridized carbons (Fsp3) is 0.950. The van der Waals surface area contributed by atoms with E-state index in [9.17, 15) is 9.18 Å². The largest absolute Gasteiger partial charge is 0.378 e. The van der Waals surface area contributed by atoms with Crippen LogP contribution in [-0.2, 0) is 14.4 Å². The first-order valence-corrected chi connectivity index (χ1v) is 11.2. The quantitative estimate of drug-likeness (QED) is 0.490. The number of carbonyl (C=O) groups is 1. The average Bonchev–Trinajstić information content (AvgIpc) is 3.20. The summed E-state index contributed by atoms with van der Waals surface area (Å²) < 4.78 is 20.1. The summed E-state index contributed by atoms with van der Waals surface area (Å²) in [6, 6.07) is 0.356. The number of rotatable bonds is 6. The van der Waals surface area contributed by atoms with Gasteiger partial charge >= 0.3 is 0 Å². The van der Waals surface area contributed by atoms with Crippen LogP contribution in [-0.4, -0.2) is 74.3 Å². The number of carbonyl (C=O) groups excluding carboxylic acids is 1. The number of nitrogens with one attached hydrogen (secondary N) is 3. The van der Waals surface area contributed by atoms with Gasteiger partial charge in [-0.1, -0.05) is 6.92 Å². The van der Waals surface area contributed by atoms with E-state index >= 15 is 0 Å². The molecule has 0 aromatic heterocycles. The van der Waals surface area contributed by atoms with Crippen LogP contribution in [0.5, 0.6) is 0 Å². The predicted molar refractivity (Wildman–Crippen MR) is 106 cm³/mol. The second-order valence-corrected chi connectivity index (χ2v) is 9.03. The van der Waals surface area contributed by atoms with Crippen molar-refractivity contribution in [3.05, 3.63) is 0 Å². The smallest absolute Gasteiger partial charge is 0.222 e. The standard InChI is InChI=1S/C20H36FN5O3/c1-2-18(27)26-5-3-12(4-6-26)19-24-20(29-25-19)13-7-16(21)15(9-22)17(8-13)23-14-10-28-11-14/h12-17,19-20,23-25H,2-11,22H2,1H3. The third-order valence-electron chi connectivity index (χ3n) is 7.19. The molecular weight excluding hydrogens is 377 g/mol. The van der Waals surface area contributed by atoms with Crippen LogP contribution < -0.4 is 21.8 Å². The zero-order chi connectivity index (χ0) is 20.4. The van der Waals surface area contributed by atoms with Crippen molar-refractivity contribution >= 4 is 5.91 Å². The summed E-state index contributed by atoms with van der Waals surface area (Å²) in [5.74, 6) is 0.567. The first-order valence-electron chi connectivity index (χ1n) is 11.2. The Morgan fingerprint density at radius 3 is 2.62 bits per heavy atom. The van der Waals surface area contributed by atoms with E-state index in [1.54, 1.807) is 0 Å². The van der Waals surface area contributed by atoms with Gasteiger partial charge in [-0.25, -0.2) is 4.39 Å². The molecule has 9 heteroatoms. The lowest BCUT2D eigenvalue weighted by Crippen LogP contribution is -2.58. The van der Waals surface area contributed by atoms with Crippen molar-refractivity contribution in [2.45, 2.75) is 69.7 Å². The molecule has 6 atom stereocenters. The second kappa shape index (κ2) is 9.53. The molecule has 0 aromatic carbocycles. The number of nitrogens with two attached hydrogens (primary N) is 1. The van der Waals surface area contributed by atoms with Crippen LogP contribution in [0, 0.1) is 17.8 Å². The van der Waals surface area contributed by atoms with Crippen molar-refractivity contribution in [3.8, 4) is 0 Å². The van der Waals surface area contributed by atoms with Gasteiger partial charge in [0.05, 0.1) is 25.4 Å². The topological polar surface area (TPSA) is 101 Å². The molecular formula is C20H36FN5O3. The fourth-order valence-electron chi connectivity index (χ4n) is 5.26. The summed E-state index contributed by atoms with van der Waals surface area (Å²) in [7, 11) is 0. The van der Waals surface area contributed by atoms with Crippen molar-refractivity contribution in [1.82, 2.24) is 21.0 Å². The zero-order valence-electron chi connectivity index (χ0n) is 17.3. The third-order valence-corrected chi connectivity index (χ3v) is 7.19. The van der Waals surface area contributed by atoms with E-state index in [1.807, 2.05) is 11.8 Å². The molecule has 3 heterocycles. The van der Waals surface area contributed by atoms with Gasteiger partial charge in [-0.2, -0.15) is 5.48 Å². The first kappa shape index (κ1) is 21.4. The average molecular weight is 414 g/mol. The highest BCUT2D eigenvalue weighted by atomic mass is 19.1. The molecule has 3 saturated heterocycles. The number of hydrogen-bond donors (Lipinski definition) is 4. The number of hydrogen-bond acceptors (Lipinski definition) is 7. The maximum Gasteiger partial charge on any atom is 0.222 e. The van der Waals surface area contributed by atoms with Crippen molar-refractivity contribution in [2.75, 3.05) is 32.8 Å². The van der Waals surface area contributed by atoms with Gasteiger partial charge in [-0.05, 0) is 38.1 Å². The summed E-state index contributed by atoms with van der Waals surface area (Å²) in [5, 5.41) is 7.11. The van der Waals surface area contributed by atoms with Crippen LogP contribution in [0.25, 0.3) is 0 Å². The summed E-state index contributed by atoms with van der Waals surface area (Å²) in [5.41, 5.74) is 9.03. The molecule has 3 aliphatic heterocycles. The monoisotopic (exact) mass is 413 g/mol. The molecule has 1 aliphatic carbocycles. The molecule has 4 rings (SSSR count). The minimum atomic E-state index is -0.926. The number of hydroxylamine groups is 1. The predicted octanol–water partition coefficient (Wildman–Crippen LogP) is 0.0916. The molecule has 0 bridgehead atoms. The van der Waals surface area contributed by atoms with Crippen LogP contribution in [0.4, 0.5) is 4.39 Å². The molecule has 4 fully saturated rings. The Morgan fingerprint density at radius 1 is 1.24 bits per heavy atom. The molecule has 6 unspecified atom stereocenters. The first-order chi connectivity index (χ1) is 14.1. The van der Waals surface area contributed by atoms with E-state index in [0.29, 0.717) is 44.6 Å². The molecule has 1 saturated carbocycles. The van der Waals surface area contributed by atoms with E-state index in [2.05, 4.69) is 16.1 Å². The Bertz CT molecular complexity index is 558. The number of piperidine rings is 1. The minimum absolute atomic E-state index is 0.0513. The van der Waals surface area contributed by atoms with Gasteiger partial charge in [0.1, 0.15) is 12.4 Å². The lowest BCUT2D eigenvalue weighted by atomic mass is 9.75. The van der Waals surface area contributed by atoms with Crippen LogP contribution in [0.1, 0.15) is 39.0 Å². The van der Waals surface area contributed by atoms with Crippen LogP contribution in [0.15, 0.2) is 0 Å². The lowest BCUT2D eigenvalue weighted by Gasteiger charge is -2.43. The van der Waals surface area contributed by atoms with Gasteiger partial charge in [0.15, 0.2) is 0 Å². The maximum absolute atomic E-state index is 14.9. The van der Waals surface area contributed by atoms with Crippen LogP contribution in [0.2, 0.25) is 0 Å². The highest BCUT2D eigenvalue weighted by Crippen LogP contribution is 2.35. The van der Waals surface area contributed by atoms with Gasteiger partial charge in [0.2, 0.25) is 5.91 Å². The molecule has 0 radical (unpaired) electrons. The Balaban J connectivity index is 1.29. The summed E-state index contributed by atoms with van der Waals surface area (Å²) in [6.45, 7) is 5.24. The number of amides is 1. The van der Waals surface area contributed by atoms with E-state index in [0.717, 1.165) is 32.4 Å². The van der Waals surface area contributed by atoms with Crippen molar-refractivity contribution in [3.63, 3.8) is 0 Å². The van der Waals surface area contributed by atoms with Gasteiger partial charge in [-0.15, -0.1) is 0 Å². The Hall–Kier alpha value is -0.840. The Labute approximate surface area is 172 Å². The number of alkyl halides is 1. The fourth-order valence-corrected chi connectivity index (χ4v) is 5.26. The SMILES string of the molecule is CCC(=O)N1CCC(C2NOC(C3CC(F)C(CN)C(NC4COC4)C3)N2)CC1. The van der Waals surface area contributed by atoms with E-state index in [-0.39, 0.29) is 36.2 Å². The zero-order valence-corrected chi connectivity index (χ0v) is 17.3. The molecule has 0 aromatic rings. The molecule has 4 aliphatic rings.